The Labute approximate surface area is 215 Å². The number of nitrogens with zero attached hydrogens (tertiary/aromatic N) is 2. The van der Waals surface area contributed by atoms with Crippen molar-refractivity contribution in [3.05, 3.63) is 53.6 Å². The van der Waals surface area contributed by atoms with Crippen LogP contribution in [0.4, 0.5) is 5.69 Å². The molecule has 8 nitrogen and oxygen atoms in total. The molecular weight excluding hydrogens is 484 g/mol. The number of likely N-dealkylation sites (tertiary alicyclic amines) is 1. The first-order valence-corrected chi connectivity index (χ1v) is 12.7. The van der Waals surface area contributed by atoms with E-state index in [4.69, 9.17) is 21.1 Å². The van der Waals surface area contributed by atoms with Gasteiger partial charge in [0.05, 0.1) is 30.8 Å². The van der Waals surface area contributed by atoms with Gasteiger partial charge in [-0.25, -0.2) is 0 Å². The Morgan fingerprint density at radius 1 is 1.08 bits per heavy atom. The maximum Gasteiger partial charge on any atom is 0.313 e. The molecule has 0 aliphatic carbocycles. The molecule has 4 heterocycles. The minimum Gasteiger partial charge on any atom is -0.465 e. The molecule has 1 unspecified atom stereocenters. The van der Waals surface area contributed by atoms with Crippen molar-refractivity contribution in [2.24, 2.45) is 17.8 Å². The highest BCUT2D eigenvalue weighted by atomic mass is 35.5. The Kier molecular flexibility index (Phi) is 6.25. The van der Waals surface area contributed by atoms with Crippen LogP contribution in [0.2, 0.25) is 5.02 Å². The van der Waals surface area contributed by atoms with E-state index in [1.54, 1.807) is 42.2 Å². The van der Waals surface area contributed by atoms with Crippen LogP contribution >= 0.6 is 11.6 Å². The third kappa shape index (κ3) is 3.61. The topological polar surface area (TPSA) is 96.4 Å². The maximum atomic E-state index is 14.3. The smallest absolute Gasteiger partial charge is 0.313 e. The van der Waals surface area contributed by atoms with E-state index in [-0.39, 0.29) is 37.5 Å². The fourth-order valence-electron chi connectivity index (χ4n) is 6.26. The third-order valence-corrected chi connectivity index (χ3v) is 8.16. The van der Waals surface area contributed by atoms with Gasteiger partial charge >= 0.3 is 5.97 Å². The lowest BCUT2D eigenvalue weighted by Crippen LogP contribution is -2.59. The molecule has 4 aliphatic rings. The molecule has 36 heavy (non-hydrogen) atoms. The Hall–Kier alpha value is -2.68. The molecule has 2 amide bonds. The van der Waals surface area contributed by atoms with Crippen LogP contribution in [0, 0.1) is 17.8 Å². The molecule has 4 aliphatic heterocycles. The standard InChI is InChI=1S/C27H31ClN2O6/c1-16(2)19(15-31)30-22-24(33)29(18-9-7-17(28)8-10-18)13-6-12-27(22)20(23(30)32)21-25(34)35-14-5-4-11-26(21,3)36-27/h4,6-12,16,19-22,31H,5,13-15H2,1-3H3/t19-,20-,21-,22?,26+,27-/m0/s1. The number of cyclic esters (lactones) is 1. The Bertz CT molecular complexity index is 1130. The van der Waals surface area contributed by atoms with Gasteiger partial charge < -0.3 is 24.4 Å². The zero-order chi connectivity index (χ0) is 25.8. The minimum atomic E-state index is -1.40. The summed E-state index contributed by atoms with van der Waals surface area (Å²) in [5.41, 5.74) is -1.90. The van der Waals surface area contributed by atoms with Gasteiger partial charge in [-0.1, -0.05) is 49.8 Å². The fraction of sp³-hybridized carbons (Fsp3) is 0.519. The lowest BCUT2D eigenvalue weighted by molar-refractivity contribution is -0.160. The predicted molar refractivity (Wildman–Crippen MR) is 133 cm³/mol. The molecule has 2 saturated heterocycles. The summed E-state index contributed by atoms with van der Waals surface area (Å²) in [4.78, 5) is 44.9. The lowest BCUT2D eigenvalue weighted by atomic mass is 9.74. The Morgan fingerprint density at radius 2 is 1.81 bits per heavy atom. The number of anilines is 1. The van der Waals surface area contributed by atoms with Gasteiger partial charge in [-0.15, -0.1) is 0 Å². The molecule has 0 bridgehead atoms. The number of hydrogen-bond acceptors (Lipinski definition) is 6. The first kappa shape index (κ1) is 25.0. The zero-order valence-corrected chi connectivity index (χ0v) is 21.4. The van der Waals surface area contributed by atoms with Crippen LogP contribution < -0.4 is 4.90 Å². The van der Waals surface area contributed by atoms with Crippen LogP contribution in [0.15, 0.2) is 48.6 Å². The number of fused-ring (bicyclic) bond motifs is 2. The van der Waals surface area contributed by atoms with E-state index in [0.717, 1.165) is 0 Å². The number of hydrogen-bond donors (Lipinski definition) is 1. The molecule has 192 valence electrons. The molecule has 5 rings (SSSR count). The summed E-state index contributed by atoms with van der Waals surface area (Å²) in [5, 5.41) is 10.9. The molecule has 1 aromatic carbocycles. The number of benzene rings is 1. The van der Waals surface area contributed by atoms with Crippen LogP contribution in [0.25, 0.3) is 0 Å². The van der Waals surface area contributed by atoms with E-state index >= 15 is 0 Å². The van der Waals surface area contributed by atoms with Crippen LogP contribution in [0.5, 0.6) is 0 Å². The van der Waals surface area contributed by atoms with Crippen LogP contribution in [0.1, 0.15) is 27.2 Å². The summed E-state index contributed by atoms with van der Waals surface area (Å²) >= 11 is 6.08. The second-order valence-electron chi connectivity index (χ2n) is 10.4. The number of ether oxygens (including phenoxy) is 2. The van der Waals surface area contributed by atoms with Gasteiger partial charge in [0.2, 0.25) is 5.91 Å². The van der Waals surface area contributed by atoms with Gasteiger partial charge in [-0.3, -0.25) is 14.4 Å². The number of carbonyl (C=O) groups is 3. The summed E-state index contributed by atoms with van der Waals surface area (Å²) in [7, 11) is 0. The molecule has 0 aromatic heterocycles. The minimum absolute atomic E-state index is 0.144. The van der Waals surface area contributed by atoms with E-state index in [0.29, 0.717) is 17.1 Å². The first-order chi connectivity index (χ1) is 17.1. The van der Waals surface area contributed by atoms with Crippen molar-refractivity contribution in [3.63, 3.8) is 0 Å². The van der Waals surface area contributed by atoms with E-state index < -0.39 is 41.1 Å². The quantitative estimate of drug-likeness (QED) is 0.490. The van der Waals surface area contributed by atoms with Gasteiger partial charge in [0.25, 0.3) is 5.91 Å². The number of carbonyl (C=O) groups excluding carboxylic acids is 3. The van der Waals surface area contributed by atoms with Gasteiger partial charge in [-0.05, 0) is 43.5 Å². The monoisotopic (exact) mass is 514 g/mol. The van der Waals surface area contributed by atoms with Crippen molar-refractivity contribution in [3.8, 4) is 0 Å². The highest BCUT2D eigenvalue weighted by Gasteiger charge is 2.75. The van der Waals surface area contributed by atoms with Gasteiger partial charge in [0.15, 0.2) is 0 Å². The van der Waals surface area contributed by atoms with Crippen LogP contribution in [-0.2, 0) is 23.9 Å². The van der Waals surface area contributed by atoms with Gasteiger partial charge in [0.1, 0.15) is 17.6 Å². The van der Waals surface area contributed by atoms with Crippen molar-refractivity contribution < 1.29 is 29.0 Å². The molecule has 1 aromatic rings. The van der Waals surface area contributed by atoms with E-state index in [2.05, 4.69) is 0 Å². The summed E-state index contributed by atoms with van der Waals surface area (Å²) in [6.07, 6.45) is 7.85. The van der Waals surface area contributed by atoms with Crippen LogP contribution in [0.3, 0.4) is 0 Å². The van der Waals surface area contributed by atoms with Crippen molar-refractivity contribution in [2.75, 3.05) is 24.7 Å². The average molecular weight is 515 g/mol. The first-order valence-electron chi connectivity index (χ1n) is 12.4. The van der Waals surface area contributed by atoms with Crippen molar-refractivity contribution >= 4 is 35.1 Å². The second-order valence-corrected chi connectivity index (χ2v) is 10.9. The largest absolute Gasteiger partial charge is 0.465 e. The number of amides is 2. The third-order valence-electron chi connectivity index (χ3n) is 7.91. The maximum absolute atomic E-state index is 14.3. The number of aliphatic hydroxyl groups is 1. The summed E-state index contributed by atoms with van der Waals surface area (Å²) in [5.74, 6) is -3.28. The molecule has 1 spiro atoms. The predicted octanol–water partition coefficient (Wildman–Crippen LogP) is 2.73. The molecule has 0 saturated carbocycles. The lowest BCUT2D eigenvalue weighted by Gasteiger charge is -2.41. The van der Waals surface area contributed by atoms with Crippen LogP contribution in [-0.4, -0.2) is 70.8 Å². The molecule has 2 fully saturated rings. The summed E-state index contributed by atoms with van der Waals surface area (Å²) in [6, 6.07) is 5.20. The molecular formula is C27H31ClN2O6. The van der Waals surface area contributed by atoms with Crippen molar-refractivity contribution in [2.45, 2.75) is 50.5 Å². The molecule has 1 N–H and O–H groups in total. The average Bonchev–Trinajstić information content (AvgIpc) is 3.14. The fourth-order valence-corrected chi connectivity index (χ4v) is 6.38. The molecule has 6 atom stereocenters. The number of rotatable bonds is 4. The van der Waals surface area contributed by atoms with E-state index in [9.17, 15) is 19.5 Å². The number of halogens is 1. The van der Waals surface area contributed by atoms with Crippen molar-refractivity contribution in [1.82, 2.24) is 4.90 Å². The van der Waals surface area contributed by atoms with Gasteiger partial charge in [-0.2, -0.15) is 0 Å². The highest BCUT2D eigenvalue weighted by molar-refractivity contribution is 6.30. The van der Waals surface area contributed by atoms with E-state index in [1.165, 1.54) is 4.90 Å². The number of esters is 1. The Morgan fingerprint density at radius 3 is 2.47 bits per heavy atom. The number of aliphatic hydroxyl groups excluding tert-OH is 1. The Balaban J connectivity index is 1.69. The normalized spacial score (nSPS) is 34.6. The highest BCUT2D eigenvalue weighted by Crippen LogP contribution is 2.58. The summed E-state index contributed by atoms with van der Waals surface area (Å²) in [6.45, 7) is 5.69. The van der Waals surface area contributed by atoms with Crippen molar-refractivity contribution in [1.29, 1.82) is 0 Å². The SMILES string of the molecule is CC(C)[C@H](CO)N1C(=O)[C@@H]2[C@H]3C(=O)OCCC=C[C@@]3(C)O[C@@]23C=CCN(c2ccc(Cl)cc2)C(=O)C13. The zero-order valence-electron chi connectivity index (χ0n) is 20.6. The molecule has 9 heteroatoms. The molecule has 0 radical (unpaired) electrons. The van der Waals surface area contributed by atoms with Gasteiger partial charge in [0, 0.05) is 17.3 Å². The second kappa shape index (κ2) is 9.01. The van der Waals surface area contributed by atoms with E-state index in [1.807, 2.05) is 32.1 Å². The summed E-state index contributed by atoms with van der Waals surface area (Å²) < 4.78 is 12.2.